The van der Waals surface area contributed by atoms with E-state index in [-0.39, 0.29) is 13.0 Å². The number of aliphatic hydroxyl groups excluding tert-OH is 1. The Morgan fingerprint density at radius 2 is 1.80 bits per heavy atom. The fourth-order valence-corrected chi connectivity index (χ4v) is 0.388. The molecule has 10 heavy (non-hydrogen) atoms. The topological polar surface area (TPSA) is 110 Å². The summed E-state index contributed by atoms with van der Waals surface area (Å²) in [7, 11) is 0. The number of unbranched alkanes of at least 4 members (excludes halogenated alkanes) is 1. The van der Waals surface area contributed by atoms with Gasteiger partial charge in [0.15, 0.2) is 0 Å². The van der Waals surface area contributed by atoms with Crippen LogP contribution in [0.2, 0.25) is 0 Å². The molecule has 5 heteroatoms. The van der Waals surface area contributed by atoms with Crippen LogP contribution in [-0.2, 0) is 4.79 Å². The number of aliphatic carboxylic acids is 1. The molecule has 0 heterocycles. The van der Waals surface area contributed by atoms with Crippen molar-refractivity contribution in [2.75, 3.05) is 6.61 Å². The summed E-state index contributed by atoms with van der Waals surface area (Å²) in [6, 6.07) is 0. The zero-order chi connectivity index (χ0) is 8.41. The highest BCUT2D eigenvalue weighted by molar-refractivity contribution is 5.66. The number of rotatable bonds is 4. The third kappa shape index (κ3) is 15.7. The first-order valence-corrected chi connectivity index (χ1v) is 2.93. The van der Waals surface area contributed by atoms with Gasteiger partial charge in [-0.15, -0.1) is 0 Å². The summed E-state index contributed by atoms with van der Waals surface area (Å²) in [6.07, 6.45) is 1.33. The summed E-state index contributed by atoms with van der Waals surface area (Å²) in [5, 5.41) is 16.2. The Kier molecular flexibility index (Phi) is 13.5. The van der Waals surface area contributed by atoms with Crippen LogP contribution in [0.1, 0.15) is 19.3 Å². The Bertz CT molecular complexity index is 77.3. The summed E-state index contributed by atoms with van der Waals surface area (Å²) in [5.74, 6) is 7.21. The standard InChI is InChI=1S/C5H10O3.H4N2/c6-4-2-1-3-5(7)8;1-2/h6H,1-4H2,(H,7,8);1-2H2. The molecule has 0 fully saturated rings. The number of hydrazine groups is 1. The number of carboxylic acid groups (broad SMARTS) is 1. The van der Waals surface area contributed by atoms with Gasteiger partial charge >= 0.3 is 5.97 Å². The van der Waals surface area contributed by atoms with Gasteiger partial charge in [-0.2, -0.15) is 0 Å². The van der Waals surface area contributed by atoms with Crippen LogP contribution in [0.15, 0.2) is 0 Å². The first kappa shape index (κ1) is 12.1. The first-order chi connectivity index (χ1) is 4.77. The molecule has 6 N–H and O–H groups in total. The predicted octanol–water partition coefficient (Wildman–Crippen LogP) is -0.948. The van der Waals surface area contributed by atoms with Crippen molar-refractivity contribution in [2.45, 2.75) is 19.3 Å². The van der Waals surface area contributed by atoms with Gasteiger partial charge in [-0.3, -0.25) is 16.5 Å². The Hall–Kier alpha value is -0.650. The van der Waals surface area contributed by atoms with Crippen LogP contribution in [0.4, 0.5) is 0 Å². The Labute approximate surface area is 59.6 Å². The molecule has 0 aliphatic heterocycles. The van der Waals surface area contributed by atoms with Crippen molar-refractivity contribution in [2.24, 2.45) is 11.7 Å². The number of aliphatic hydroxyl groups is 1. The molecule has 0 bridgehead atoms. The average Bonchev–Trinajstić information content (AvgIpc) is 1.92. The van der Waals surface area contributed by atoms with E-state index in [9.17, 15) is 4.79 Å². The van der Waals surface area contributed by atoms with Gasteiger partial charge in [-0.1, -0.05) is 0 Å². The van der Waals surface area contributed by atoms with Crippen LogP contribution >= 0.6 is 0 Å². The predicted molar refractivity (Wildman–Crippen MR) is 36.9 cm³/mol. The van der Waals surface area contributed by atoms with Gasteiger partial charge in [0.2, 0.25) is 0 Å². The van der Waals surface area contributed by atoms with Crippen LogP contribution in [0, 0.1) is 0 Å². The summed E-state index contributed by atoms with van der Waals surface area (Å²) in [5.41, 5.74) is 0. The molecule has 0 saturated carbocycles. The minimum atomic E-state index is -0.793. The number of nitrogens with two attached hydrogens (primary N) is 2. The first-order valence-electron chi connectivity index (χ1n) is 2.93. The number of carboxylic acids is 1. The lowest BCUT2D eigenvalue weighted by molar-refractivity contribution is -0.137. The van der Waals surface area contributed by atoms with Gasteiger partial charge in [0, 0.05) is 13.0 Å². The van der Waals surface area contributed by atoms with Gasteiger partial charge < -0.3 is 10.2 Å². The third-order valence-electron chi connectivity index (χ3n) is 0.799. The quantitative estimate of drug-likeness (QED) is 0.235. The van der Waals surface area contributed by atoms with E-state index >= 15 is 0 Å². The smallest absolute Gasteiger partial charge is 0.303 e. The minimum absolute atomic E-state index is 0.0906. The second-order valence-electron chi connectivity index (χ2n) is 1.57. The Morgan fingerprint density at radius 1 is 1.30 bits per heavy atom. The molecule has 0 aliphatic carbocycles. The van der Waals surface area contributed by atoms with Crippen LogP contribution < -0.4 is 11.7 Å². The van der Waals surface area contributed by atoms with E-state index in [2.05, 4.69) is 11.7 Å². The average molecular weight is 150 g/mol. The van der Waals surface area contributed by atoms with E-state index in [0.717, 1.165) is 0 Å². The highest BCUT2D eigenvalue weighted by atomic mass is 16.4. The Morgan fingerprint density at radius 3 is 2.10 bits per heavy atom. The fraction of sp³-hybridized carbons (Fsp3) is 0.800. The van der Waals surface area contributed by atoms with Crippen LogP contribution in [-0.4, -0.2) is 22.8 Å². The molecule has 0 atom stereocenters. The van der Waals surface area contributed by atoms with Crippen molar-refractivity contribution in [3.8, 4) is 0 Å². The lowest BCUT2D eigenvalue weighted by atomic mass is 10.2. The molecular weight excluding hydrogens is 136 g/mol. The number of carbonyl (C=O) groups is 1. The summed E-state index contributed by atoms with van der Waals surface area (Å²) in [6.45, 7) is 0.0906. The van der Waals surface area contributed by atoms with Crippen molar-refractivity contribution in [3.05, 3.63) is 0 Å². The molecule has 0 aromatic carbocycles. The van der Waals surface area contributed by atoms with E-state index in [1.807, 2.05) is 0 Å². The van der Waals surface area contributed by atoms with Gasteiger partial charge in [-0.05, 0) is 12.8 Å². The van der Waals surface area contributed by atoms with Gasteiger partial charge in [0.1, 0.15) is 0 Å². The molecule has 0 rings (SSSR count). The summed E-state index contributed by atoms with van der Waals surface area (Å²) >= 11 is 0. The van der Waals surface area contributed by atoms with Crippen LogP contribution in [0.5, 0.6) is 0 Å². The molecule has 0 aliphatic rings. The highest BCUT2D eigenvalue weighted by Crippen LogP contribution is 1.92. The van der Waals surface area contributed by atoms with E-state index in [4.69, 9.17) is 10.2 Å². The number of hydrogen-bond donors (Lipinski definition) is 4. The van der Waals surface area contributed by atoms with Crippen molar-refractivity contribution in [3.63, 3.8) is 0 Å². The third-order valence-corrected chi connectivity index (χ3v) is 0.799. The second kappa shape index (κ2) is 11.2. The van der Waals surface area contributed by atoms with Crippen LogP contribution in [0.25, 0.3) is 0 Å². The van der Waals surface area contributed by atoms with Crippen molar-refractivity contribution in [1.82, 2.24) is 0 Å². The zero-order valence-corrected chi connectivity index (χ0v) is 5.79. The maximum atomic E-state index is 9.79. The van der Waals surface area contributed by atoms with Crippen molar-refractivity contribution < 1.29 is 15.0 Å². The maximum Gasteiger partial charge on any atom is 0.303 e. The second-order valence-corrected chi connectivity index (χ2v) is 1.57. The Balaban J connectivity index is 0. The molecule has 62 valence electrons. The van der Waals surface area contributed by atoms with Gasteiger partial charge in [-0.25, -0.2) is 0 Å². The van der Waals surface area contributed by atoms with Crippen molar-refractivity contribution >= 4 is 5.97 Å². The number of hydrogen-bond acceptors (Lipinski definition) is 4. The maximum absolute atomic E-state index is 9.79. The SMILES string of the molecule is NN.O=C(O)CCCCO. The molecule has 0 spiro atoms. The molecule has 0 saturated heterocycles. The monoisotopic (exact) mass is 150 g/mol. The summed E-state index contributed by atoms with van der Waals surface area (Å²) in [4.78, 5) is 9.79. The lowest BCUT2D eigenvalue weighted by Gasteiger charge is -1.89. The van der Waals surface area contributed by atoms with E-state index in [1.165, 1.54) is 0 Å². The molecule has 0 aromatic rings. The van der Waals surface area contributed by atoms with Crippen molar-refractivity contribution in [1.29, 1.82) is 0 Å². The molecule has 0 amide bonds. The highest BCUT2D eigenvalue weighted by Gasteiger charge is 1.93. The summed E-state index contributed by atoms with van der Waals surface area (Å²) < 4.78 is 0. The normalized spacial score (nSPS) is 7.90. The van der Waals surface area contributed by atoms with Gasteiger partial charge in [0.25, 0.3) is 0 Å². The molecule has 0 unspecified atom stereocenters. The fourth-order valence-electron chi connectivity index (χ4n) is 0.388. The lowest BCUT2D eigenvalue weighted by Crippen LogP contribution is -2.02. The van der Waals surface area contributed by atoms with E-state index in [1.54, 1.807) is 0 Å². The van der Waals surface area contributed by atoms with E-state index < -0.39 is 5.97 Å². The van der Waals surface area contributed by atoms with E-state index in [0.29, 0.717) is 12.8 Å². The minimum Gasteiger partial charge on any atom is -0.481 e. The molecule has 0 radical (unpaired) electrons. The van der Waals surface area contributed by atoms with Gasteiger partial charge in [0.05, 0.1) is 0 Å². The largest absolute Gasteiger partial charge is 0.481 e. The zero-order valence-electron chi connectivity index (χ0n) is 5.79. The molecule has 0 aromatic heterocycles. The molecule has 5 nitrogen and oxygen atoms in total. The molecular formula is C5H14N2O3. The van der Waals surface area contributed by atoms with Crippen LogP contribution in [0.3, 0.4) is 0 Å².